The predicted molar refractivity (Wildman–Crippen MR) is 87.3 cm³/mol. The van der Waals surface area contributed by atoms with Gasteiger partial charge in [0, 0.05) is 5.75 Å². The molecule has 0 radical (unpaired) electrons. The van der Waals surface area contributed by atoms with Crippen LogP contribution in [-0.2, 0) is 5.75 Å². The fourth-order valence-electron chi connectivity index (χ4n) is 2.15. The van der Waals surface area contributed by atoms with E-state index in [0.717, 1.165) is 27.9 Å². The summed E-state index contributed by atoms with van der Waals surface area (Å²) in [5, 5.41) is 16.9. The van der Waals surface area contributed by atoms with Crippen molar-refractivity contribution >= 4 is 11.8 Å². The zero-order valence-electron chi connectivity index (χ0n) is 12.1. The Labute approximate surface area is 133 Å². The minimum Gasteiger partial charge on any atom is -0.262 e. The zero-order chi connectivity index (χ0) is 15.4. The molecule has 22 heavy (non-hydrogen) atoms. The van der Waals surface area contributed by atoms with Gasteiger partial charge in [0.05, 0.1) is 11.6 Å². The van der Waals surface area contributed by atoms with Crippen molar-refractivity contribution in [2.24, 2.45) is 0 Å². The predicted octanol–water partition coefficient (Wildman–Crippen LogP) is 3.94. The van der Waals surface area contributed by atoms with Gasteiger partial charge in [-0.3, -0.25) is 5.10 Å². The van der Waals surface area contributed by atoms with Crippen LogP contribution in [0.1, 0.15) is 17.0 Å². The molecule has 0 saturated heterocycles. The smallest absolute Gasteiger partial charge is 0.208 e. The van der Waals surface area contributed by atoms with E-state index in [1.807, 2.05) is 31.2 Å². The van der Waals surface area contributed by atoms with Gasteiger partial charge in [-0.05, 0) is 29.7 Å². The number of benzene rings is 2. The molecule has 0 unspecified atom stereocenters. The van der Waals surface area contributed by atoms with Crippen LogP contribution < -0.4 is 0 Å². The van der Waals surface area contributed by atoms with Crippen LogP contribution in [-0.4, -0.2) is 15.2 Å². The lowest BCUT2D eigenvalue weighted by Crippen LogP contribution is -1.86. The number of aromatic nitrogens is 3. The third kappa shape index (κ3) is 3.18. The van der Waals surface area contributed by atoms with Crippen LogP contribution in [0.3, 0.4) is 0 Å². The van der Waals surface area contributed by atoms with Crippen molar-refractivity contribution in [3.05, 3.63) is 65.5 Å². The summed E-state index contributed by atoms with van der Waals surface area (Å²) in [5.74, 6) is 1.64. The van der Waals surface area contributed by atoms with E-state index < -0.39 is 0 Å². The second-order valence-electron chi connectivity index (χ2n) is 4.85. The second-order valence-corrected chi connectivity index (χ2v) is 5.79. The number of aromatic amines is 1. The highest BCUT2D eigenvalue weighted by molar-refractivity contribution is 7.98. The van der Waals surface area contributed by atoms with Crippen molar-refractivity contribution in [1.29, 1.82) is 5.26 Å². The van der Waals surface area contributed by atoms with Crippen LogP contribution in [0.15, 0.2) is 53.7 Å². The average Bonchev–Trinajstić information content (AvgIpc) is 2.99. The van der Waals surface area contributed by atoms with Gasteiger partial charge in [-0.1, -0.05) is 54.2 Å². The minimum absolute atomic E-state index is 0.695. The molecule has 0 fully saturated rings. The lowest BCUT2D eigenvalue weighted by atomic mass is 10.00. The van der Waals surface area contributed by atoms with Crippen molar-refractivity contribution < 1.29 is 0 Å². The first-order valence-corrected chi connectivity index (χ1v) is 7.85. The van der Waals surface area contributed by atoms with Crippen molar-refractivity contribution in [2.75, 3.05) is 0 Å². The topological polar surface area (TPSA) is 65.4 Å². The molecule has 5 heteroatoms. The molecular formula is C17H14N4S. The van der Waals surface area contributed by atoms with Crippen molar-refractivity contribution in [3.63, 3.8) is 0 Å². The third-order valence-electron chi connectivity index (χ3n) is 3.26. The second kappa shape index (κ2) is 6.46. The lowest BCUT2D eigenvalue weighted by molar-refractivity contribution is 0.969. The highest BCUT2D eigenvalue weighted by atomic mass is 32.2. The molecule has 3 rings (SSSR count). The Hall–Kier alpha value is -2.58. The number of nitriles is 1. The molecule has 0 aliphatic carbocycles. The SMILES string of the molecule is Cc1nc(SCc2ccc(-c3ccccc3C#N)cc2)n[nH]1. The molecular weight excluding hydrogens is 292 g/mol. The summed E-state index contributed by atoms with van der Waals surface area (Å²) in [6.07, 6.45) is 0. The van der Waals surface area contributed by atoms with Crippen LogP contribution in [0.25, 0.3) is 11.1 Å². The third-order valence-corrected chi connectivity index (χ3v) is 4.18. The monoisotopic (exact) mass is 306 g/mol. The summed E-state index contributed by atoms with van der Waals surface area (Å²) in [4.78, 5) is 4.27. The quantitative estimate of drug-likeness (QED) is 0.741. The van der Waals surface area contributed by atoms with E-state index in [1.165, 1.54) is 5.56 Å². The van der Waals surface area contributed by atoms with Crippen LogP contribution in [0.2, 0.25) is 0 Å². The average molecular weight is 306 g/mol. The van der Waals surface area contributed by atoms with E-state index in [0.29, 0.717) is 5.56 Å². The number of hydrogen-bond acceptors (Lipinski definition) is 4. The van der Waals surface area contributed by atoms with Crippen molar-refractivity contribution in [1.82, 2.24) is 15.2 Å². The Morgan fingerprint density at radius 3 is 2.59 bits per heavy atom. The number of rotatable bonds is 4. The summed E-state index contributed by atoms with van der Waals surface area (Å²) in [6, 6.07) is 18.1. The van der Waals surface area contributed by atoms with Crippen LogP contribution in [0.4, 0.5) is 0 Å². The molecule has 1 aromatic heterocycles. The first-order valence-electron chi connectivity index (χ1n) is 6.86. The Morgan fingerprint density at radius 1 is 1.14 bits per heavy atom. The van der Waals surface area contributed by atoms with E-state index in [1.54, 1.807) is 11.8 Å². The first-order chi connectivity index (χ1) is 10.8. The molecule has 0 bridgehead atoms. The normalized spacial score (nSPS) is 10.4. The molecule has 4 nitrogen and oxygen atoms in total. The van der Waals surface area contributed by atoms with Gasteiger partial charge in [-0.2, -0.15) is 5.26 Å². The number of H-pyrrole nitrogens is 1. The van der Waals surface area contributed by atoms with E-state index in [4.69, 9.17) is 0 Å². The largest absolute Gasteiger partial charge is 0.262 e. The maximum atomic E-state index is 9.18. The molecule has 3 aromatic rings. The van der Waals surface area contributed by atoms with Gasteiger partial charge in [-0.15, -0.1) is 5.10 Å². The Kier molecular flexibility index (Phi) is 4.22. The van der Waals surface area contributed by atoms with Gasteiger partial charge < -0.3 is 0 Å². The Bertz CT molecular complexity index is 815. The summed E-state index contributed by atoms with van der Waals surface area (Å²) >= 11 is 1.60. The van der Waals surface area contributed by atoms with E-state index in [9.17, 15) is 5.26 Å². The van der Waals surface area contributed by atoms with Gasteiger partial charge >= 0.3 is 0 Å². The van der Waals surface area contributed by atoms with Crippen molar-refractivity contribution in [3.8, 4) is 17.2 Å². The van der Waals surface area contributed by atoms with Gasteiger partial charge in [0.1, 0.15) is 5.82 Å². The van der Waals surface area contributed by atoms with Gasteiger partial charge in [0.2, 0.25) is 5.16 Å². The molecule has 0 aliphatic heterocycles. The molecule has 0 saturated carbocycles. The first kappa shape index (κ1) is 14.4. The highest BCUT2D eigenvalue weighted by Gasteiger charge is 2.05. The molecule has 1 heterocycles. The molecule has 0 amide bonds. The number of nitrogens with zero attached hydrogens (tertiary/aromatic N) is 3. The van der Waals surface area contributed by atoms with Crippen LogP contribution in [0.5, 0.6) is 0 Å². The summed E-state index contributed by atoms with van der Waals surface area (Å²) in [5.41, 5.74) is 3.92. The van der Waals surface area contributed by atoms with Crippen LogP contribution in [0, 0.1) is 18.3 Å². The molecule has 0 spiro atoms. The fraction of sp³-hybridized carbons (Fsp3) is 0.118. The Balaban J connectivity index is 1.74. The lowest BCUT2D eigenvalue weighted by Gasteiger charge is -2.05. The molecule has 1 N–H and O–H groups in total. The van der Waals surface area contributed by atoms with E-state index >= 15 is 0 Å². The van der Waals surface area contributed by atoms with E-state index in [2.05, 4.69) is 45.5 Å². The molecule has 0 atom stereocenters. The van der Waals surface area contributed by atoms with Crippen LogP contribution >= 0.6 is 11.8 Å². The maximum Gasteiger partial charge on any atom is 0.208 e. The van der Waals surface area contributed by atoms with Crippen molar-refractivity contribution in [2.45, 2.75) is 17.8 Å². The zero-order valence-corrected chi connectivity index (χ0v) is 12.9. The molecule has 0 aliphatic rings. The van der Waals surface area contributed by atoms with Gasteiger partial charge in [-0.25, -0.2) is 4.98 Å². The van der Waals surface area contributed by atoms with Gasteiger partial charge in [0.25, 0.3) is 0 Å². The molecule has 2 aromatic carbocycles. The summed E-state index contributed by atoms with van der Waals surface area (Å²) in [7, 11) is 0. The van der Waals surface area contributed by atoms with E-state index in [-0.39, 0.29) is 0 Å². The highest BCUT2D eigenvalue weighted by Crippen LogP contribution is 2.25. The number of nitrogens with one attached hydrogen (secondary N) is 1. The number of hydrogen-bond donors (Lipinski definition) is 1. The van der Waals surface area contributed by atoms with Gasteiger partial charge in [0.15, 0.2) is 0 Å². The Morgan fingerprint density at radius 2 is 1.91 bits per heavy atom. The minimum atomic E-state index is 0.695. The number of thioether (sulfide) groups is 1. The molecule has 108 valence electrons. The maximum absolute atomic E-state index is 9.18. The standard InChI is InChI=1S/C17H14N4S/c1-12-19-17(21-20-12)22-11-13-6-8-14(9-7-13)16-5-3-2-4-15(16)10-18/h2-9H,11H2,1H3,(H,19,20,21). The number of aryl methyl sites for hydroxylation is 1. The fourth-order valence-corrected chi connectivity index (χ4v) is 2.95. The summed E-state index contributed by atoms with van der Waals surface area (Å²) in [6.45, 7) is 1.89. The summed E-state index contributed by atoms with van der Waals surface area (Å²) < 4.78 is 0.